The Labute approximate surface area is 124 Å². The molecule has 0 radical (unpaired) electrons. The Morgan fingerprint density at radius 2 is 2.14 bits per heavy atom. The number of anilines is 1. The number of hydrogen-bond acceptors (Lipinski definition) is 4. The third-order valence-corrected chi connectivity index (χ3v) is 4.84. The topological polar surface area (TPSA) is 95.5 Å². The average Bonchev–Trinajstić information content (AvgIpc) is 2.75. The van der Waals surface area contributed by atoms with Crippen LogP contribution < -0.4 is 10.0 Å². The van der Waals surface area contributed by atoms with Crippen molar-refractivity contribution in [3.05, 3.63) is 23.8 Å². The molecule has 0 bridgehead atoms. The van der Waals surface area contributed by atoms with Crippen molar-refractivity contribution in [2.24, 2.45) is 0 Å². The maximum absolute atomic E-state index is 12.2. The third-order valence-electron chi connectivity index (χ3n) is 3.44. The summed E-state index contributed by atoms with van der Waals surface area (Å²) in [5.74, 6) is -0.140. The van der Waals surface area contributed by atoms with Crippen LogP contribution in [-0.4, -0.2) is 31.6 Å². The monoisotopic (exact) mass is 312 g/mol. The Morgan fingerprint density at radius 1 is 1.43 bits per heavy atom. The number of aliphatic hydroxyl groups is 1. The quantitative estimate of drug-likeness (QED) is 0.730. The first kappa shape index (κ1) is 15.9. The number of carbonyl (C=O) groups excluding carboxylic acids is 1. The second-order valence-corrected chi connectivity index (χ2v) is 7.38. The number of carbonyl (C=O) groups is 1. The molecule has 3 N–H and O–H groups in total. The van der Waals surface area contributed by atoms with Crippen molar-refractivity contribution in [2.45, 2.75) is 43.6 Å². The zero-order valence-corrected chi connectivity index (χ0v) is 13.0. The first-order valence-electron chi connectivity index (χ1n) is 6.88. The fraction of sp³-hybridized carbons (Fsp3) is 0.500. The third kappa shape index (κ3) is 3.81. The van der Waals surface area contributed by atoms with Gasteiger partial charge >= 0.3 is 0 Å². The second-order valence-electron chi connectivity index (χ2n) is 5.62. The molecule has 0 saturated heterocycles. The number of rotatable bonds is 6. The highest BCUT2D eigenvalue weighted by atomic mass is 32.2. The average molecular weight is 312 g/mol. The smallest absolute Gasteiger partial charge is 0.240 e. The largest absolute Gasteiger partial charge is 0.389 e. The zero-order chi connectivity index (χ0) is 15.7. The molecule has 0 fully saturated rings. The van der Waals surface area contributed by atoms with Crippen LogP contribution in [0.3, 0.4) is 0 Å². The summed E-state index contributed by atoms with van der Waals surface area (Å²) in [5, 5.41) is 12.7. The Kier molecular flexibility index (Phi) is 4.36. The van der Waals surface area contributed by atoms with Crippen molar-refractivity contribution in [1.82, 2.24) is 4.72 Å². The molecule has 7 heteroatoms. The molecule has 1 heterocycles. The molecule has 2 rings (SSSR count). The number of amides is 1. The van der Waals surface area contributed by atoms with Gasteiger partial charge in [-0.2, -0.15) is 0 Å². The molecule has 1 atom stereocenters. The molecule has 0 aliphatic carbocycles. The summed E-state index contributed by atoms with van der Waals surface area (Å²) >= 11 is 0. The van der Waals surface area contributed by atoms with Crippen LogP contribution in [0.1, 0.15) is 32.3 Å². The summed E-state index contributed by atoms with van der Waals surface area (Å²) in [4.78, 5) is 11.4. The highest BCUT2D eigenvalue weighted by Gasteiger charge is 2.25. The van der Waals surface area contributed by atoms with Crippen molar-refractivity contribution in [3.63, 3.8) is 0 Å². The summed E-state index contributed by atoms with van der Waals surface area (Å²) in [6.07, 6.45) is 1.46. The van der Waals surface area contributed by atoms with Gasteiger partial charge in [-0.3, -0.25) is 4.79 Å². The summed E-state index contributed by atoms with van der Waals surface area (Å²) < 4.78 is 26.9. The lowest BCUT2D eigenvalue weighted by atomic mass is 10.0. The summed E-state index contributed by atoms with van der Waals surface area (Å²) in [7, 11) is -3.70. The molecule has 1 aliphatic heterocycles. The van der Waals surface area contributed by atoms with E-state index in [0.717, 1.165) is 6.42 Å². The van der Waals surface area contributed by atoms with E-state index < -0.39 is 15.6 Å². The van der Waals surface area contributed by atoms with Gasteiger partial charge in [-0.1, -0.05) is 13.3 Å². The fourth-order valence-electron chi connectivity index (χ4n) is 2.33. The molecular formula is C14H20N2O4S. The molecule has 116 valence electrons. The summed E-state index contributed by atoms with van der Waals surface area (Å²) in [6.45, 7) is 3.48. The molecule has 0 saturated carbocycles. The van der Waals surface area contributed by atoms with E-state index in [1.165, 1.54) is 12.1 Å². The first-order valence-corrected chi connectivity index (χ1v) is 8.37. The van der Waals surface area contributed by atoms with Crippen LogP contribution in [0.5, 0.6) is 0 Å². The van der Waals surface area contributed by atoms with E-state index in [1.807, 2.05) is 6.92 Å². The molecule has 0 spiro atoms. The Morgan fingerprint density at radius 3 is 2.81 bits per heavy atom. The summed E-state index contributed by atoms with van der Waals surface area (Å²) in [5.41, 5.74) is 0.246. The number of fused-ring (bicyclic) bond motifs is 1. The fourth-order valence-corrected chi connectivity index (χ4v) is 3.55. The minimum atomic E-state index is -3.70. The van der Waals surface area contributed by atoms with Gasteiger partial charge in [0.1, 0.15) is 0 Å². The minimum Gasteiger partial charge on any atom is -0.389 e. The predicted molar refractivity (Wildman–Crippen MR) is 79.5 cm³/mol. The van der Waals surface area contributed by atoms with Gasteiger partial charge in [0.05, 0.1) is 16.9 Å². The minimum absolute atomic E-state index is 0.0442. The molecule has 1 aromatic rings. The lowest BCUT2D eigenvalue weighted by Crippen LogP contribution is -2.40. The molecule has 21 heavy (non-hydrogen) atoms. The highest BCUT2D eigenvalue weighted by molar-refractivity contribution is 7.89. The Balaban J connectivity index is 2.14. The number of sulfonamides is 1. The molecule has 6 nitrogen and oxygen atoms in total. The van der Waals surface area contributed by atoms with E-state index in [-0.39, 0.29) is 23.8 Å². The van der Waals surface area contributed by atoms with Gasteiger partial charge in [-0.05, 0) is 37.1 Å². The molecule has 1 aromatic carbocycles. The van der Waals surface area contributed by atoms with Crippen molar-refractivity contribution >= 4 is 21.6 Å². The van der Waals surface area contributed by atoms with Crippen molar-refractivity contribution in [3.8, 4) is 0 Å². The zero-order valence-electron chi connectivity index (χ0n) is 12.1. The lowest BCUT2D eigenvalue weighted by molar-refractivity contribution is -0.115. The Bertz CT molecular complexity index is 653. The van der Waals surface area contributed by atoms with E-state index in [0.29, 0.717) is 17.7 Å². The van der Waals surface area contributed by atoms with E-state index >= 15 is 0 Å². The van der Waals surface area contributed by atoms with Gasteiger partial charge in [0, 0.05) is 12.2 Å². The van der Waals surface area contributed by atoms with Gasteiger partial charge in [0.15, 0.2) is 0 Å². The van der Waals surface area contributed by atoms with Crippen LogP contribution in [0.15, 0.2) is 23.1 Å². The first-order chi connectivity index (χ1) is 9.73. The van der Waals surface area contributed by atoms with Gasteiger partial charge in [0.2, 0.25) is 15.9 Å². The van der Waals surface area contributed by atoms with Gasteiger partial charge in [0.25, 0.3) is 0 Å². The SMILES string of the molecule is CCCC(C)(O)CNS(=O)(=O)c1ccc2c(c1)CC(=O)N2. The van der Waals surface area contributed by atoms with Gasteiger partial charge in [-0.25, -0.2) is 13.1 Å². The molecule has 0 aromatic heterocycles. The van der Waals surface area contributed by atoms with Crippen LogP contribution in [0.25, 0.3) is 0 Å². The van der Waals surface area contributed by atoms with Crippen molar-refractivity contribution in [1.29, 1.82) is 0 Å². The molecule has 1 unspecified atom stereocenters. The van der Waals surface area contributed by atoms with Crippen molar-refractivity contribution in [2.75, 3.05) is 11.9 Å². The molecular weight excluding hydrogens is 292 g/mol. The van der Waals surface area contributed by atoms with Crippen LogP contribution in [0.4, 0.5) is 5.69 Å². The van der Waals surface area contributed by atoms with Gasteiger partial charge in [-0.15, -0.1) is 0 Å². The van der Waals surface area contributed by atoms with Crippen LogP contribution in [-0.2, 0) is 21.2 Å². The standard InChI is InChI=1S/C14H20N2O4S/c1-3-6-14(2,18)9-15-21(19,20)11-4-5-12-10(7-11)8-13(17)16-12/h4-5,7,15,18H,3,6,8-9H2,1-2H3,(H,16,17). The normalized spacial score (nSPS) is 17.2. The predicted octanol–water partition coefficient (Wildman–Crippen LogP) is 1.01. The van der Waals surface area contributed by atoms with Crippen molar-refractivity contribution < 1.29 is 18.3 Å². The van der Waals surface area contributed by atoms with E-state index in [9.17, 15) is 18.3 Å². The van der Waals surface area contributed by atoms with Gasteiger partial charge < -0.3 is 10.4 Å². The number of benzene rings is 1. The lowest BCUT2D eigenvalue weighted by Gasteiger charge is -2.22. The molecule has 1 amide bonds. The van der Waals surface area contributed by atoms with Crippen LogP contribution >= 0.6 is 0 Å². The molecule has 1 aliphatic rings. The summed E-state index contributed by atoms with van der Waals surface area (Å²) in [6, 6.07) is 4.52. The Hall–Kier alpha value is -1.44. The second kappa shape index (κ2) is 5.75. The van der Waals surface area contributed by atoms with Crippen LogP contribution in [0.2, 0.25) is 0 Å². The van der Waals surface area contributed by atoms with E-state index in [2.05, 4.69) is 10.0 Å². The highest BCUT2D eigenvalue weighted by Crippen LogP contribution is 2.25. The van der Waals surface area contributed by atoms with E-state index in [4.69, 9.17) is 0 Å². The maximum Gasteiger partial charge on any atom is 0.240 e. The maximum atomic E-state index is 12.2. The number of hydrogen-bond donors (Lipinski definition) is 3. The van der Waals surface area contributed by atoms with Crippen LogP contribution in [0, 0.1) is 0 Å². The van der Waals surface area contributed by atoms with E-state index in [1.54, 1.807) is 13.0 Å². The number of nitrogens with one attached hydrogen (secondary N) is 2.